The quantitative estimate of drug-likeness (QED) is 0.446. The van der Waals surface area contributed by atoms with E-state index in [-0.39, 0.29) is 5.56 Å². The summed E-state index contributed by atoms with van der Waals surface area (Å²) in [6.45, 7) is 5.13. The molecule has 0 aliphatic rings. The Hall–Kier alpha value is -2.35. The molecule has 0 saturated heterocycles. The van der Waals surface area contributed by atoms with E-state index in [0.717, 1.165) is 18.2 Å². The van der Waals surface area contributed by atoms with E-state index in [1.165, 1.54) is 30.4 Å². The fourth-order valence-electron chi connectivity index (χ4n) is 1.33. The maximum Gasteiger partial charge on any atom is 0.437 e. The van der Waals surface area contributed by atoms with Gasteiger partial charge in [0.1, 0.15) is 0 Å². The standard InChI is InChI=1S/C15H14F3NO3S/c1-3-12(2)8-7-11-23(20,21)22-19-14(15(16,17)18)13-9-5-4-6-10-13/h3-11H,1H2,2H3/b11-7+,12-8-,19-14-. The van der Waals surface area contributed by atoms with Crippen LogP contribution < -0.4 is 0 Å². The van der Waals surface area contributed by atoms with Gasteiger partial charge >= 0.3 is 16.3 Å². The molecule has 0 unspecified atom stereocenters. The second-order valence-corrected chi connectivity index (χ2v) is 5.72. The zero-order valence-corrected chi connectivity index (χ0v) is 12.9. The first-order valence-corrected chi connectivity index (χ1v) is 7.74. The molecule has 0 atom stereocenters. The Morgan fingerprint density at radius 3 is 2.39 bits per heavy atom. The predicted octanol–water partition coefficient (Wildman–Crippen LogP) is 3.95. The molecule has 1 rings (SSSR count). The summed E-state index contributed by atoms with van der Waals surface area (Å²) in [4.78, 5) is 0. The van der Waals surface area contributed by atoms with Crippen LogP contribution in [0, 0.1) is 0 Å². The lowest BCUT2D eigenvalue weighted by Crippen LogP contribution is -2.24. The zero-order chi connectivity index (χ0) is 17.5. The second kappa shape index (κ2) is 7.77. The molecule has 0 N–H and O–H groups in total. The molecule has 0 heterocycles. The molecule has 0 aromatic heterocycles. The lowest BCUT2D eigenvalue weighted by Gasteiger charge is -2.09. The summed E-state index contributed by atoms with van der Waals surface area (Å²) < 4.78 is 66.0. The number of hydrogen-bond acceptors (Lipinski definition) is 4. The van der Waals surface area contributed by atoms with Gasteiger partial charge in [-0.3, -0.25) is 4.28 Å². The maximum atomic E-state index is 12.9. The van der Waals surface area contributed by atoms with Crippen molar-refractivity contribution >= 4 is 15.8 Å². The van der Waals surface area contributed by atoms with E-state index >= 15 is 0 Å². The minimum atomic E-state index is -4.86. The summed E-state index contributed by atoms with van der Waals surface area (Å²) in [6.07, 6.45) is -0.871. The van der Waals surface area contributed by atoms with Gasteiger partial charge in [0.25, 0.3) is 0 Å². The van der Waals surface area contributed by atoms with Crippen LogP contribution in [0.5, 0.6) is 0 Å². The number of alkyl halides is 3. The maximum absolute atomic E-state index is 12.9. The van der Waals surface area contributed by atoms with Gasteiger partial charge in [-0.1, -0.05) is 59.8 Å². The summed E-state index contributed by atoms with van der Waals surface area (Å²) in [6, 6.07) is 6.55. The summed E-state index contributed by atoms with van der Waals surface area (Å²) in [5, 5.41) is 3.37. The molecule has 0 radical (unpaired) electrons. The molecular formula is C15H14F3NO3S. The van der Waals surface area contributed by atoms with Crippen LogP contribution in [0.3, 0.4) is 0 Å². The van der Waals surface area contributed by atoms with Crippen LogP contribution in [0.25, 0.3) is 0 Å². The fraction of sp³-hybridized carbons (Fsp3) is 0.133. The van der Waals surface area contributed by atoms with Crippen LogP contribution in [0.4, 0.5) is 13.2 Å². The minimum absolute atomic E-state index is 0.304. The van der Waals surface area contributed by atoms with Gasteiger partial charge in [0.05, 0.1) is 5.41 Å². The third-order valence-electron chi connectivity index (χ3n) is 2.47. The molecule has 8 heteroatoms. The second-order valence-electron chi connectivity index (χ2n) is 4.31. The lowest BCUT2D eigenvalue weighted by molar-refractivity contribution is -0.0596. The number of benzene rings is 1. The molecule has 0 amide bonds. The number of rotatable bonds is 6. The molecule has 124 valence electrons. The smallest absolute Gasteiger partial charge is 0.265 e. The first kappa shape index (κ1) is 18.7. The molecule has 23 heavy (non-hydrogen) atoms. The average molecular weight is 345 g/mol. The summed E-state index contributed by atoms with van der Waals surface area (Å²) in [5.74, 6) is 0. The van der Waals surface area contributed by atoms with Crippen LogP contribution in [0.15, 0.2) is 71.3 Å². The highest BCUT2D eigenvalue weighted by Gasteiger charge is 2.38. The Balaban J connectivity index is 3.04. The SMILES string of the molecule is C=C/C(C)=C\C=C\S(=O)(=O)O/N=C(/c1ccccc1)C(F)(F)F. The van der Waals surface area contributed by atoms with E-state index < -0.39 is 22.0 Å². The Bertz CT molecular complexity index is 733. The van der Waals surface area contributed by atoms with Crippen molar-refractivity contribution in [1.29, 1.82) is 0 Å². The van der Waals surface area contributed by atoms with Crippen LogP contribution in [-0.2, 0) is 14.4 Å². The number of nitrogens with zero attached hydrogens (tertiary/aromatic N) is 1. The van der Waals surface area contributed by atoms with E-state index in [1.807, 2.05) is 0 Å². The van der Waals surface area contributed by atoms with E-state index in [0.29, 0.717) is 11.0 Å². The van der Waals surface area contributed by atoms with Crippen LogP contribution in [0.2, 0.25) is 0 Å². The van der Waals surface area contributed by atoms with E-state index in [1.54, 1.807) is 6.92 Å². The number of hydrogen-bond donors (Lipinski definition) is 0. The van der Waals surface area contributed by atoms with Crippen molar-refractivity contribution in [1.82, 2.24) is 0 Å². The highest BCUT2D eigenvalue weighted by molar-refractivity contribution is 7.89. The molecule has 0 fully saturated rings. The first-order chi connectivity index (χ1) is 10.7. The van der Waals surface area contributed by atoms with Crippen LogP contribution >= 0.6 is 0 Å². The van der Waals surface area contributed by atoms with Crippen molar-refractivity contribution < 1.29 is 25.9 Å². The van der Waals surface area contributed by atoms with Gasteiger partial charge < -0.3 is 0 Å². The highest BCUT2D eigenvalue weighted by atomic mass is 32.2. The Labute approximate surface area is 132 Å². The average Bonchev–Trinajstić information content (AvgIpc) is 2.46. The topological polar surface area (TPSA) is 55.7 Å². The molecular weight excluding hydrogens is 331 g/mol. The van der Waals surface area contributed by atoms with Gasteiger partial charge in [0, 0.05) is 5.56 Å². The van der Waals surface area contributed by atoms with Gasteiger partial charge in [-0.15, -0.1) is 0 Å². The van der Waals surface area contributed by atoms with Gasteiger partial charge in [0.2, 0.25) is 0 Å². The summed E-state index contributed by atoms with van der Waals surface area (Å²) >= 11 is 0. The predicted molar refractivity (Wildman–Crippen MR) is 82.1 cm³/mol. The molecule has 0 spiro atoms. The van der Waals surface area contributed by atoms with Gasteiger partial charge in [0.15, 0.2) is 5.71 Å². The van der Waals surface area contributed by atoms with E-state index in [4.69, 9.17) is 0 Å². The largest absolute Gasteiger partial charge is 0.437 e. The normalized spacial score (nSPS) is 14.1. The summed E-state index contributed by atoms with van der Waals surface area (Å²) in [7, 11) is -4.40. The lowest BCUT2D eigenvalue weighted by atomic mass is 10.1. The van der Waals surface area contributed by atoms with Gasteiger partial charge in [-0.05, 0) is 13.0 Å². The van der Waals surface area contributed by atoms with Crippen molar-refractivity contribution in [3.8, 4) is 0 Å². The first-order valence-electron chi connectivity index (χ1n) is 6.27. The molecule has 0 saturated carbocycles. The fourth-order valence-corrected chi connectivity index (χ4v) is 1.83. The third kappa shape index (κ3) is 6.52. The van der Waals surface area contributed by atoms with Crippen molar-refractivity contribution in [3.05, 3.63) is 71.7 Å². The Morgan fingerprint density at radius 1 is 1.26 bits per heavy atom. The van der Waals surface area contributed by atoms with Crippen molar-refractivity contribution in [2.75, 3.05) is 0 Å². The monoisotopic (exact) mass is 345 g/mol. The molecule has 1 aromatic rings. The highest BCUT2D eigenvalue weighted by Crippen LogP contribution is 2.23. The number of halogens is 3. The molecule has 1 aromatic carbocycles. The van der Waals surface area contributed by atoms with E-state index in [9.17, 15) is 21.6 Å². The molecule has 0 aliphatic carbocycles. The third-order valence-corrected chi connectivity index (χ3v) is 3.25. The van der Waals surface area contributed by atoms with Crippen molar-refractivity contribution in [2.45, 2.75) is 13.1 Å². The van der Waals surface area contributed by atoms with Gasteiger partial charge in [-0.2, -0.15) is 21.6 Å². The minimum Gasteiger partial charge on any atom is -0.265 e. The zero-order valence-electron chi connectivity index (χ0n) is 12.1. The van der Waals surface area contributed by atoms with Crippen LogP contribution in [-0.4, -0.2) is 20.3 Å². The molecule has 4 nitrogen and oxygen atoms in total. The Kier molecular flexibility index (Phi) is 6.32. The molecule has 0 aliphatic heterocycles. The van der Waals surface area contributed by atoms with Gasteiger partial charge in [-0.25, -0.2) is 0 Å². The summed E-state index contributed by atoms with van der Waals surface area (Å²) in [5.41, 5.74) is -1.07. The van der Waals surface area contributed by atoms with Crippen LogP contribution in [0.1, 0.15) is 12.5 Å². The van der Waals surface area contributed by atoms with Crippen molar-refractivity contribution in [2.24, 2.45) is 5.16 Å². The molecule has 0 bridgehead atoms. The Morgan fingerprint density at radius 2 is 1.87 bits per heavy atom. The van der Waals surface area contributed by atoms with E-state index in [2.05, 4.69) is 16.0 Å². The number of allylic oxidation sites excluding steroid dienone is 4. The van der Waals surface area contributed by atoms with Crippen molar-refractivity contribution in [3.63, 3.8) is 0 Å². The number of oxime groups is 1.